The minimum absolute atomic E-state index is 0.00872. The smallest absolute Gasteiger partial charge is 0.209 e. The fourth-order valence-electron chi connectivity index (χ4n) is 4.96. The van der Waals surface area contributed by atoms with E-state index in [1.54, 1.807) is 0 Å². The highest BCUT2D eigenvalue weighted by atomic mass is 15.1. The van der Waals surface area contributed by atoms with Crippen LogP contribution in [0.5, 0.6) is 0 Å². The molecule has 2 aromatic carbocycles. The molecule has 0 aromatic heterocycles. The number of hydrogen-bond acceptors (Lipinski definition) is 1. The third kappa shape index (κ3) is 4.71. The van der Waals surface area contributed by atoms with Gasteiger partial charge in [0.1, 0.15) is 6.54 Å². The summed E-state index contributed by atoms with van der Waals surface area (Å²) in [6.45, 7) is 12.5. The van der Waals surface area contributed by atoms with Gasteiger partial charge in [0.15, 0.2) is 5.71 Å². The lowest BCUT2D eigenvalue weighted by molar-refractivity contribution is -0.437. The molecule has 2 aromatic rings. The maximum absolute atomic E-state index is 4.91. The number of allylic oxidation sites excluding steroid dienone is 6. The molecule has 0 unspecified atom stereocenters. The zero-order valence-corrected chi connectivity index (χ0v) is 20.8. The second-order valence-electron chi connectivity index (χ2n) is 10.0. The van der Waals surface area contributed by atoms with Crippen LogP contribution in [0, 0.1) is 5.92 Å². The number of benzene rings is 2. The van der Waals surface area contributed by atoms with E-state index in [2.05, 4.69) is 118 Å². The Morgan fingerprint density at radius 1 is 0.970 bits per heavy atom. The van der Waals surface area contributed by atoms with Gasteiger partial charge in [-0.3, -0.25) is 0 Å². The molecule has 2 heteroatoms. The summed E-state index contributed by atoms with van der Waals surface area (Å²) in [6, 6.07) is 17.3. The van der Waals surface area contributed by atoms with Crippen LogP contribution in [0.3, 0.4) is 0 Å². The Morgan fingerprint density at radius 3 is 2.52 bits per heavy atom. The standard InChI is InChI=1S/C31H37N2/c1-6-22-33-29-18-13-11-15-26(29)31(4,5)30(33)19-9-7-8-16-28-25(21-20-23(2)3)24-14-10-12-17-27(24)32-28/h7-19,23H,6,20-22H2,1-5H3/q+1. The molecule has 2 aliphatic rings. The second-order valence-corrected chi connectivity index (χ2v) is 10.0. The molecule has 0 fully saturated rings. The van der Waals surface area contributed by atoms with Crippen LogP contribution in [0.15, 0.2) is 89.6 Å². The van der Waals surface area contributed by atoms with E-state index in [1.807, 2.05) is 0 Å². The van der Waals surface area contributed by atoms with Crippen molar-refractivity contribution in [2.24, 2.45) is 10.9 Å². The van der Waals surface area contributed by atoms with Gasteiger partial charge in [-0.15, -0.1) is 0 Å². The molecule has 0 bridgehead atoms. The highest BCUT2D eigenvalue weighted by molar-refractivity contribution is 6.03. The summed E-state index contributed by atoms with van der Waals surface area (Å²) in [7, 11) is 0. The fourth-order valence-corrected chi connectivity index (χ4v) is 4.96. The first-order chi connectivity index (χ1) is 15.9. The summed E-state index contributed by atoms with van der Waals surface area (Å²) in [6.07, 6.45) is 14.3. The number of rotatable bonds is 8. The van der Waals surface area contributed by atoms with Crippen LogP contribution >= 0.6 is 0 Å². The first-order valence-corrected chi connectivity index (χ1v) is 12.4. The van der Waals surface area contributed by atoms with Gasteiger partial charge in [-0.1, -0.05) is 75.4 Å². The highest BCUT2D eigenvalue weighted by Gasteiger charge is 2.43. The summed E-state index contributed by atoms with van der Waals surface area (Å²) >= 11 is 0. The second kappa shape index (κ2) is 9.87. The molecular weight excluding hydrogens is 400 g/mol. The lowest BCUT2D eigenvalue weighted by Crippen LogP contribution is -2.27. The van der Waals surface area contributed by atoms with Crippen molar-refractivity contribution in [3.63, 3.8) is 0 Å². The van der Waals surface area contributed by atoms with Crippen LogP contribution in [0.1, 0.15) is 59.4 Å². The number of para-hydroxylation sites is 2. The summed E-state index contributed by atoms with van der Waals surface area (Å²) < 4.78 is 2.48. The minimum atomic E-state index is 0.00872. The molecule has 0 amide bonds. The monoisotopic (exact) mass is 437 g/mol. The Morgan fingerprint density at radius 2 is 1.73 bits per heavy atom. The molecule has 0 aliphatic carbocycles. The van der Waals surface area contributed by atoms with Crippen molar-refractivity contribution in [1.82, 2.24) is 0 Å². The van der Waals surface area contributed by atoms with E-state index in [9.17, 15) is 0 Å². The fraction of sp³-hybridized carbons (Fsp3) is 0.355. The zero-order valence-electron chi connectivity index (χ0n) is 20.8. The van der Waals surface area contributed by atoms with E-state index in [1.165, 1.54) is 34.2 Å². The van der Waals surface area contributed by atoms with E-state index in [0.717, 1.165) is 30.4 Å². The lowest BCUT2D eigenvalue weighted by Gasteiger charge is -2.15. The molecule has 0 radical (unpaired) electrons. The Bertz CT molecular complexity index is 1270. The van der Waals surface area contributed by atoms with Crippen molar-refractivity contribution in [3.8, 4) is 0 Å². The van der Waals surface area contributed by atoms with Gasteiger partial charge in [0.2, 0.25) is 5.69 Å². The van der Waals surface area contributed by atoms with Gasteiger partial charge in [-0.05, 0) is 50.3 Å². The number of nitrogens with zero attached hydrogens (tertiary/aromatic N) is 2. The van der Waals surface area contributed by atoms with Crippen LogP contribution < -0.4 is 10.6 Å². The van der Waals surface area contributed by atoms with E-state index in [-0.39, 0.29) is 5.41 Å². The molecule has 4 rings (SSSR count). The largest absolute Gasteiger partial charge is 0.248 e. The first kappa shape index (κ1) is 23.2. The quantitative estimate of drug-likeness (QED) is 0.336. The third-order valence-electron chi connectivity index (χ3n) is 6.73. The molecule has 0 saturated carbocycles. The predicted molar refractivity (Wildman–Crippen MR) is 141 cm³/mol. The van der Waals surface area contributed by atoms with Crippen LogP contribution in [-0.2, 0) is 5.41 Å². The van der Waals surface area contributed by atoms with E-state index in [4.69, 9.17) is 4.99 Å². The zero-order chi connectivity index (χ0) is 23.4. The van der Waals surface area contributed by atoms with Crippen molar-refractivity contribution in [2.75, 3.05) is 6.54 Å². The Hall–Kier alpha value is -3.00. The normalized spacial score (nSPS) is 18.1. The predicted octanol–water partition coefficient (Wildman–Crippen LogP) is 6.39. The Balaban J connectivity index is 1.58. The van der Waals surface area contributed by atoms with Crippen molar-refractivity contribution in [2.45, 2.75) is 59.3 Å². The maximum atomic E-state index is 4.91. The topological polar surface area (TPSA) is 15.4 Å². The van der Waals surface area contributed by atoms with E-state index < -0.39 is 0 Å². The molecule has 170 valence electrons. The van der Waals surface area contributed by atoms with Gasteiger partial charge in [0, 0.05) is 29.3 Å². The van der Waals surface area contributed by atoms with Crippen LogP contribution in [-0.4, -0.2) is 16.8 Å². The van der Waals surface area contributed by atoms with Gasteiger partial charge in [-0.2, -0.15) is 4.58 Å². The van der Waals surface area contributed by atoms with Crippen molar-refractivity contribution in [3.05, 3.63) is 101 Å². The van der Waals surface area contributed by atoms with Gasteiger partial charge in [0.05, 0.1) is 16.5 Å². The minimum Gasteiger partial charge on any atom is -0.248 e. The molecule has 0 N–H and O–H groups in total. The first-order valence-electron chi connectivity index (χ1n) is 12.4. The SMILES string of the molecule is CCC[N+]1=C(C=CC=CC=C2N=c3ccccc3=C2CCC(C)C)C(C)(C)c2ccccc21. The van der Waals surface area contributed by atoms with Crippen molar-refractivity contribution >= 4 is 17.0 Å². The number of fused-ring (bicyclic) bond motifs is 2. The average Bonchev–Trinajstić information content (AvgIpc) is 3.25. The third-order valence-corrected chi connectivity index (χ3v) is 6.73. The molecule has 0 spiro atoms. The summed E-state index contributed by atoms with van der Waals surface area (Å²) in [4.78, 5) is 4.91. The van der Waals surface area contributed by atoms with Crippen LogP contribution in [0.25, 0.3) is 5.57 Å². The maximum Gasteiger partial charge on any atom is 0.209 e. The van der Waals surface area contributed by atoms with Gasteiger partial charge >= 0.3 is 0 Å². The summed E-state index contributed by atoms with van der Waals surface area (Å²) in [5.41, 5.74) is 6.62. The average molecular weight is 438 g/mol. The van der Waals surface area contributed by atoms with Gasteiger partial charge in [-0.25, -0.2) is 4.99 Å². The highest BCUT2D eigenvalue weighted by Crippen LogP contribution is 2.39. The lowest BCUT2D eigenvalue weighted by atomic mass is 9.81. The van der Waals surface area contributed by atoms with Crippen LogP contribution in [0.4, 0.5) is 5.69 Å². The van der Waals surface area contributed by atoms with Crippen LogP contribution in [0.2, 0.25) is 0 Å². The molecule has 2 nitrogen and oxygen atoms in total. The van der Waals surface area contributed by atoms with E-state index >= 15 is 0 Å². The summed E-state index contributed by atoms with van der Waals surface area (Å²) in [5, 5.41) is 2.40. The molecule has 2 aliphatic heterocycles. The van der Waals surface area contributed by atoms with E-state index in [0.29, 0.717) is 5.92 Å². The Kier molecular flexibility index (Phi) is 6.93. The summed E-state index contributed by atoms with van der Waals surface area (Å²) in [5.74, 6) is 0.687. The Labute approximate surface area is 199 Å². The van der Waals surface area contributed by atoms with Gasteiger partial charge < -0.3 is 0 Å². The number of hydrogen-bond donors (Lipinski definition) is 0. The molecule has 33 heavy (non-hydrogen) atoms. The van der Waals surface area contributed by atoms with Crippen molar-refractivity contribution in [1.29, 1.82) is 0 Å². The molecule has 2 heterocycles. The van der Waals surface area contributed by atoms with Crippen molar-refractivity contribution < 1.29 is 4.58 Å². The van der Waals surface area contributed by atoms with Gasteiger partial charge in [0.25, 0.3) is 0 Å². The molecule has 0 saturated heterocycles. The molecule has 0 atom stereocenters. The molecular formula is C31H37N2+.